The third-order valence-corrected chi connectivity index (χ3v) is 8.52. The van der Waals surface area contributed by atoms with E-state index in [0.29, 0.717) is 30.1 Å². The summed E-state index contributed by atoms with van der Waals surface area (Å²) in [4.78, 5) is 2.80. The summed E-state index contributed by atoms with van der Waals surface area (Å²) in [5.41, 5.74) is 0.678. The molecule has 0 aromatic heterocycles. The minimum absolute atomic E-state index is 0.232. The summed E-state index contributed by atoms with van der Waals surface area (Å²) in [5, 5.41) is 9.04. The maximum Gasteiger partial charge on any atom is 0.243 e. The molecule has 1 saturated carbocycles. The van der Waals surface area contributed by atoms with Crippen LogP contribution in [0.5, 0.6) is 0 Å². The maximum absolute atomic E-state index is 13.0. The molecule has 1 aliphatic carbocycles. The predicted octanol–water partition coefficient (Wildman–Crippen LogP) is 2.21. The van der Waals surface area contributed by atoms with Crippen molar-refractivity contribution in [3.63, 3.8) is 0 Å². The van der Waals surface area contributed by atoms with E-state index in [1.807, 2.05) is 6.07 Å². The average Bonchev–Trinajstić information content (AvgIpc) is 3.12. The van der Waals surface area contributed by atoms with Gasteiger partial charge in [0.25, 0.3) is 0 Å². The molecule has 4 rings (SSSR count). The number of rotatable bonds is 3. The van der Waals surface area contributed by atoms with E-state index in [1.165, 1.54) is 25.3 Å². The van der Waals surface area contributed by atoms with Crippen LogP contribution in [0.15, 0.2) is 29.2 Å². The van der Waals surface area contributed by atoms with E-state index in [4.69, 9.17) is 10.00 Å². The Morgan fingerprint density at radius 3 is 2.56 bits per heavy atom. The Kier molecular flexibility index (Phi) is 5.26. The molecule has 1 aromatic rings. The van der Waals surface area contributed by atoms with Gasteiger partial charge in [0.15, 0.2) is 0 Å². The number of nitrogens with zero attached hydrogens (tertiary/aromatic N) is 3. The number of ether oxygens (including phenoxy) is 1. The molecule has 1 unspecified atom stereocenters. The van der Waals surface area contributed by atoms with Gasteiger partial charge in [0.1, 0.15) is 0 Å². The molecule has 1 atom stereocenters. The van der Waals surface area contributed by atoms with Gasteiger partial charge in [0.05, 0.1) is 29.7 Å². The quantitative estimate of drug-likeness (QED) is 0.792. The molecule has 0 bridgehead atoms. The summed E-state index contributed by atoms with van der Waals surface area (Å²) < 4.78 is 33.0. The van der Waals surface area contributed by atoms with Crippen molar-refractivity contribution < 1.29 is 13.2 Å². The average molecular weight is 390 g/mol. The lowest BCUT2D eigenvalue weighted by molar-refractivity contribution is 0.0137. The molecule has 1 spiro atoms. The van der Waals surface area contributed by atoms with Crippen LogP contribution in [0.3, 0.4) is 0 Å². The summed E-state index contributed by atoms with van der Waals surface area (Å²) >= 11 is 0. The number of benzene rings is 1. The Labute approximate surface area is 161 Å². The van der Waals surface area contributed by atoms with E-state index in [2.05, 4.69) is 4.90 Å². The first kappa shape index (κ1) is 18.9. The summed E-state index contributed by atoms with van der Waals surface area (Å²) in [6.07, 6.45) is 5.48. The van der Waals surface area contributed by atoms with Gasteiger partial charge in [-0.2, -0.15) is 9.57 Å². The Morgan fingerprint density at radius 2 is 1.85 bits per heavy atom. The minimum atomic E-state index is -3.52. The molecule has 27 heavy (non-hydrogen) atoms. The van der Waals surface area contributed by atoms with Crippen LogP contribution in [-0.4, -0.2) is 63.1 Å². The van der Waals surface area contributed by atoms with E-state index in [9.17, 15) is 8.42 Å². The van der Waals surface area contributed by atoms with Crippen molar-refractivity contribution in [3.05, 3.63) is 29.8 Å². The number of hydrogen-bond donors (Lipinski definition) is 0. The second kappa shape index (κ2) is 7.51. The number of nitriles is 1. The molecule has 0 radical (unpaired) electrons. The molecule has 3 aliphatic rings. The van der Waals surface area contributed by atoms with Crippen LogP contribution in [0.2, 0.25) is 0 Å². The summed E-state index contributed by atoms with van der Waals surface area (Å²) in [5.74, 6) is 0. The predicted molar refractivity (Wildman–Crippen MR) is 102 cm³/mol. The highest BCUT2D eigenvalue weighted by Crippen LogP contribution is 2.48. The molecule has 7 heteroatoms. The van der Waals surface area contributed by atoms with Gasteiger partial charge in [-0.3, -0.25) is 4.90 Å². The lowest BCUT2D eigenvalue weighted by atomic mass is 9.77. The van der Waals surface area contributed by atoms with Crippen LogP contribution in [0.1, 0.15) is 37.7 Å². The first-order chi connectivity index (χ1) is 13.0. The zero-order valence-corrected chi connectivity index (χ0v) is 16.5. The lowest BCUT2D eigenvalue weighted by Gasteiger charge is -2.40. The molecule has 2 aliphatic heterocycles. The largest absolute Gasteiger partial charge is 0.379 e. The van der Waals surface area contributed by atoms with Crippen molar-refractivity contribution in [1.29, 1.82) is 5.26 Å². The van der Waals surface area contributed by atoms with Crippen LogP contribution in [0.4, 0.5) is 0 Å². The van der Waals surface area contributed by atoms with E-state index < -0.39 is 10.0 Å². The highest BCUT2D eigenvalue weighted by atomic mass is 32.2. The van der Waals surface area contributed by atoms with Gasteiger partial charge < -0.3 is 4.74 Å². The summed E-state index contributed by atoms with van der Waals surface area (Å²) in [6, 6.07) is 8.99. The smallest absolute Gasteiger partial charge is 0.243 e. The molecule has 146 valence electrons. The molecular formula is C20H27N3O3S. The Bertz CT molecular complexity index is 819. The lowest BCUT2D eigenvalue weighted by Crippen LogP contribution is -2.45. The van der Waals surface area contributed by atoms with Gasteiger partial charge in [-0.05, 0) is 55.7 Å². The number of hydrogen-bond acceptors (Lipinski definition) is 5. The van der Waals surface area contributed by atoms with Crippen molar-refractivity contribution >= 4 is 10.0 Å². The fourth-order valence-electron chi connectivity index (χ4n) is 4.96. The first-order valence-electron chi connectivity index (χ1n) is 9.85. The van der Waals surface area contributed by atoms with Gasteiger partial charge in [-0.1, -0.05) is 6.07 Å². The molecule has 3 fully saturated rings. The molecule has 2 heterocycles. The van der Waals surface area contributed by atoms with Gasteiger partial charge in [0.2, 0.25) is 10.0 Å². The fraction of sp³-hybridized carbons (Fsp3) is 0.650. The molecule has 2 saturated heterocycles. The normalized spacial score (nSPS) is 26.9. The topological polar surface area (TPSA) is 73.6 Å². The van der Waals surface area contributed by atoms with E-state index in [-0.39, 0.29) is 4.90 Å². The van der Waals surface area contributed by atoms with Crippen molar-refractivity contribution in [2.45, 2.75) is 43.0 Å². The second-order valence-electron chi connectivity index (χ2n) is 8.09. The van der Waals surface area contributed by atoms with Crippen LogP contribution in [0.25, 0.3) is 0 Å². The van der Waals surface area contributed by atoms with Crippen LogP contribution >= 0.6 is 0 Å². The van der Waals surface area contributed by atoms with Gasteiger partial charge in [-0.25, -0.2) is 8.42 Å². The van der Waals surface area contributed by atoms with Crippen LogP contribution < -0.4 is 0 Å². The highest BCUT2D eigenvalue weighted by Gasteiger charge is 2.44. The molecular weight excluding hydrogens is 362 g/mol. The van der Waals surface area contributed by atoms with Crippen molar-refractivity contribution in [3.8, 4) is 6.07 Å². The third-order valence-electron chi connectivity index (χ3n) is 6.62. The zero-order chi connectivity index (χ0) is 18.9. The highest BCUT2D eigenvalue weighted by molar-refractivity contribution is 7.89. The summed E-state index contributed by atoms with van der Waals surface area (Å²) in [6.45, 7) is 4.87. The second-order valence-corrected chi connectivity index (χ2v) is 10.0. The van der Waals surface area contributed by atoms with Crippen LogP contribution in [-0.2, 0) is 14.8 Å². The van der Waals surface area contributed by atoms with Crippen molar-refractivity contribution in [2.24, 2.45) is 5.41 Å². The van der Waals surface area contributed by atoms with E-state index in [0.717, 1.165) is 39.1 Å². The van der Waals surface area contributed by atoms with Gasteiger partial charge in [-0.15, -0.1) is 0 Å². The Hall–Kier alpha value is -1.46. The molecule has 1 aromatic carbocycles. The Balaban J connectivity index is 1.40. The van der Waals surface area contributed by atoms with Crippen molar-refractivity contribution in [2.75, 3.05) is 39.4 Å². The maximum atomic E-state index is 13.0. The SMILES string of the molecule is N#Cc1cccc(S(=O)(=O)N2CCC3(CCC(N4CCOCC4)C3)CC2)c1. The standard InChI is InChI=1S/C20H27N3O3S/c21-16-17-2-1-3-19(14-17)27(24,25)23-8-6-20(7-9-23)5-4-18(15-20)22-10-12-26-13-11-22/h1-3,14,18H,4-13,15H2. The van der Waals surface area contributed by atoms with Crippen molar-refractivity contribution in [1.82, 2.24) is 9.21 Å². The fourth-order valence-corrected chi connectivity index (χ4v) is 6.45. The van der Waals surface area contributed by atoms with E-state index in [1.54, 1.807) is 22.5 Å². The van der Waals surface area contributed by atoms with E-state index >= 15 is 0 Å². The Morgan fingerprint density at radius 1 is 1.11 bits per heavy atom. The molecule has 6 nitrogen and oxygen atoms in total. The summed E-state index contributed by atoms with van der Waals surface area (Å²) in [7, 11) is -3.52. The number of morpholine rings is 1. The number of piperidine rings is 1. The van der Waals surface area contributed by atoms with Gasteiger partial charge >= 0.3 is 0 Å². The number of sulfonamides is 1. The molecule has 0 N–H and O–H groups in total. The van der Waals surface area contributed by atoms with Gasteiger partial charge in [0, 0.05) is 32.2 Å². The third kappa shape index (κ3) is 3.77. The minimum Gasteiger partial charge on any atom is -0.379 e. The van der Waals surface area contributed by atoms with Crippen LogP contribution in [0, 0.1) is 16.7 Å². The zero-order valence-electron chi connectivity index (χ0n) is 15.6. The first-order valence-corrected chi connectivity index (χ1v) is 11.3. The molecule has 0 amide bonds. The monoisotopic (exact) mass is 389 g/mol.